The van der Waals surface area contributed by atoms with E-state index < -0.39 is 37.5 Å². The molecule has 2 rings (SSSR count). The monoisotopic (exact) mass is 327 g/mol. The summed E-state index contributed by atoms with van der Waals surface area (Å²) < 4.78 is 39.3. The maximum Gasteiger partial charge on any atom is 0.341 e. The second kappa shape index (κ2) is 5.53. The molecular weight excluding hydrogens is 313 g/mol. The van der Waals surface area contributed by atoms with E-state index in [0.29, 0.717) is 6.54 Å². The third-order valence-corrected chi connectivity index (χ3v) is 5.16. The molecule has 0 saturated carbocycles. The molecule has 8 heteroatoms. The van der Waals surface area contributed by atoms with Crippen molar-refractivity contribution in [2.24, 2.45) is 0 Å². The van der Waals surface area contributed by atoms with Gasteiger partial charge in [0, 0.05) is 18.1 Å². The second-order valence-corrected chi connectivity index (χ2v) is 6.91. The lowest BCUT2D eigenvalue weighted by Gasteiger charge is -2.12. The molecule has 118 valence electrons. The van der Waals surface area contributed by atoms with Crippen LogP contribution in [0.5, 0.6) is 0 Å². The molecule has 0 aliphatic heterocycles. The fraction of sp³-hybridized carbons (Fsp3) is 0.286. The van der Waals surface area contributed by atoms with E-state index in [9.17, 15) is 22.4 Å². The van der Waals surface area contributed by atoms with Crippen molar-refractivity contribution in [2.45, 2.75) is 25.3 Å². The Hall–Kier alpha value is -2.22. The van der Waals surface area contributed by atoms with Gasteiger partial charge in [-0.3, -0.25) is 4.79 Å². The van der Waals surface area contributed by atoms with E-state index in [0.717, 1.165) is 18.3 Å². The summed E-state index contributed by atoms with van der Waals surface area (Å²) in [6.07, 6.45) is 1.13. The number of hydrogen-bond donors (Lipinski definition) is 1. The standard InChI is InChI=1S/C14H14FNO5S/c1-3-16-7-9(14(18)19)13(17)8-5-10(15)12(6-11(8)16)22(20,21)4-2/h5-7H,3-4H2,1-2H3,(H,18,19). The minimum absolute atomic E-state index is 0.158. The van der Waals surface area contributed by atoms with E-state index in [-0.39, 0.29) is 16.7 Å². The SMILES string of the molecule is CCn1cc(C(=O)O)c(=O)c2cc(F)c(S(=O)(=O)CC)cc21. The van der Waals surface area contributed by atoms with Gasteiger partial charge in [0.15, 0.2) is 9.84 Å². The van der Waals surface area contributed by atoms with Crippen LogP contribution < -0.4 is 5.43 Å². The number of rotatable bonds is 4. The van der Waals surface area contributed by atoms with Crippen molar-refractivity contribution >= 4 is 26.7 Å². The van der Waals surface area contributed by atoms with E-state index in [4.69, 9.17) is 5.11 Å². The molecule has 0 amide bonds. The third kappa shape index (κ3) is 2.50. The highest BCUT2D eigenvalue weighted by molar-refractivity contribution is 7.91. The molecule has 0 aliphatic rings. The summed E-state index contributed by atoms with van der Waals surface area (Å²) in [6.45, 7) is 3.39. The van der Waals surface area contributed by atoms with Gasteiger partial charge in [0.1, 0.15) is 16.3 Å². The van der Waals surface area contributed by atoms with Crippen LogP contribution >= 0.6 is 0 Å². The Kier molecular flexibility index (Phi) is 4.06. The topological polar surface area (TPSA) is 93.4 Å². The molecule has 6 nitrogen and oxygen atoms in total. The Morgan fingerprint density at radius 2 is 1.95 bits per heavy atom. The largest absolute Gasteiger partial charge is 0.477 e. The molecule has 0 unspecified atom stereocenters. The van der Waals surface area contributed by atoms with Gasteiger partial charge in [0.25, 0.3) is 0 Å². The first-order chi connectivity index (χ1) is 10.2. The van der Waals surface area contributed by atoms with Crippen LogP contribution in [0.1, 0.15) is 24.2 Å². The Morgan fingerprint density at radius 1 is 1.32 bits per heavy atom. The van der Waals surface area contributed by atoms with Gasteiger partial charge in [0.05, 0.1) is 11.3 Å². The number of aromatic carboxylic acids is 1. The fourth-order valence-corrected chi connectivity index (χ4v) is 3.16. The van der Waals surface area contributed by atoms with Crippen molar-refractivity contribution < 1.29 is 22.7 Å². The average molecular weight is 327 g/mol. The van der Waals surface area contributed by atoms with Crippen LogP contribution in [-0.4, -0.2) is 29.8 Å². The van der Waals surface area contributed by atoms with Crippen molar-refractivity contribution in [3.8, 4) is 0 Å². The number of sulfone groups is 1. The van der Waals surface area contributed by atoms with E-state index in [1.54, 1.807) is 6.92 Å². The molecule has 0 saturated heterocycles. The van der Waals surface area contributed by atoms with Crippen molar-refractivity contribution in [1.29, 1.82) is 0 Å². The number of carboxylic acid groups (broad SMARTS) is 1. The molecule has 0 radical (unpaired) electrons. The lowest BCUT2D eigenvalue weighted by molar-refractivity contribution is 0.0695. The minimum atomic E-state index is -3.79. The van der Waals surface area contributed by atoms with Crippen molar-refractivity contribution in [3.05, 3.63) is 39.9 Å². The van der Waals surface area contributed by atoms with Crippen molar-refractivity contribution in [1.82, 2.24) is 4.57 Å². The highest BCUT2D eigenvalue weighted by Crippen LogP contribution is 2.22. The first kappa shape index (κ1) is 16.2. The first-order valence-corrected chi connectivity index (χ1v) is 8.20. The van der Waals surface area contributed by atoms with E-state index in [2.05, 4.69) is 0 Å². The predicted molar refractivity (Wildman–Crippen MR) is 78.5 cm³/mol. The number of aryl methyl sites for hydroxylation is 1. The lowest BCUT2D eigenvalue weighted by atomic mass is 10.1. The van der Waals surface area contributed by atoms with Crippen LogP contribution in [0.4, 0.5) is 4.39 Å². The van der Waals surface area contributed by atoms with Gasteiger partial charge in [-0.2, -0.15) is 0 Å². The van der Waals surface area contributed by atoms with E-state index in [1.165, 1.54) is 11.5 Å². The van der Waals surface area contributed by atoms with Gasteiger partial charge in [-0.25, -0.2) is 17.6 Å². The first-order valence-electron chi connectivity index (χ1n) is 6.55. The number of halogens is 1. The minimum Gasteiger partial charge on any atom is -0.477 e. The fourth-order valence-electron chi connectivity index (χ4n) is 2.20. The molecule has 1 heterocycles. The molecule has 0 fully saturated rings. The molecule has 0 aliphatic carbocycles. The molecule has 0 bridgehead atoms. The number of aromatic nitrogens is 1. The highest BCUT2D eigenvalue weighted by Gasteiger charge is 2.21. The molecule has 22 heavy (non-hydrogen) atoms. The van der Waals surface area contributed by atoms with Crippen LogP contribution in [0.2, 0.25) is 0 Å². The average Bonchev–Trinajstić information content (AvgIpc) is 2.47. The summed E-state index contributed by atoms with van der Waals surface area (Å²) in [4.78, 5) is 22.7. The zero-order chi connectivity index (χ0) is 16.7. The second-order valence-electron chi connectivity index (χ2n) is 4.67. The molecule has 2 aromatic rings. The number of benzene rings is 1. The zero-order valence-electron chi connectivity index (χ0n) is 12.0. The number of pyridine rings is 1. The maximum absolute atomic E-state index is 14.1. The van der Waals surface area contributed by atoms with Gasteiger partial charge >= 0.3 is 5.97 Å². The summed E-state index contributed by atoms with van der Waals surface area (Å²) in [6, 6.07) is 1.87. The van der Waals surface area contributed by atoms with Crippen LogP contribution in [0.15, 0.2) is 28.0 Å². The number of carboxylic acids is 1. The summed E-state index contributed by atoms with van der Waals surface area (Å²) in [5.74, 6) is -2.75. The summed E-state index contributed by atoms with van der Waals surface area (Å²) in [5.41, 5.74) is -1.14. The Bertz CT molecular complexity index is 930. The quantitative estimate of drug-likeness (QED) is 0.921. The molecule has 1 N–H and O–H groups in total. The normalized spacial score (nSPS) is 11.8. The molecule has 1 aromatic carbocycles. The van der Waals surface area contributed by atoms with Crippen LogP contribution in [-0.2, 0) is 16.4 Å². The Labute approximate surface area is 125 Å². The van der Waals surface area contributed by atoms with Crippen molar-refractivity contribution in [3.63, 3.8) is 0 Å². The van der Waals surface area contributed by atoms with Gasteiger partial charge in [-0.1, -0.05) is 6.92 Å². The molecule has 0 atom stereocenters. The lowest BCUT2D eigenvalue weighted by Crippen LogP contribution is -2.19. The van der Waals surface area contributed by atoms with Crippen LogP contribution in [0.3, 0.4) is 0 Å². The molecule has 1 aromatic heterocycles. The summed E-state index contributed by atoms with van der Waals surface area (Å²) >= 11 is 0. The summed E-state index contributed by atoms with van der Waals surface area (Å²) in [5, 5.41) is 8.88. The molecular formula is C14H14FNO5S. The highest BCUT2D eigenvalue weighted by atomic mass is 32.2. The van der Waals surface area contributed by atoms with Gasteiger partial charge in [-0.15, -0.1) is 0 Å². The number of fused-ring (bicyclic) bond motifs is 1. The maximum atomic E-state index is 14.1. The number of hydrogen-bond acceptors (Lipinski definition) is 4. The van der Waals surface area contributed by atoms with Crippen molar-refractivity contribution in [2.75, 3.05) is 5.75 Å². The van der Waals surface area contributed by atoms with Gasteiger partial charge in [-0.05, 0) is 19.1 Å². The smallest absolute Gasteiger partial charge is 0.341 e. The Morgan fingerprint density at radius 3 is 2.45 bits per heavy atom. The van der Waals surface area contributed by atoms with Gasteiger partial charge < -0.3 is 9.67 Å². The number of nitrogens with zero attached hydrogens (tertiary/aromatic N) is 1. The van der Waals surface area contributed by atoms with E-state index in [1.807, 2.05) is 0 Å². The Balaban J connectivity index is 2.99. The summed E-state index contributed by atoms with van der Waals surface area (Å²) in [7, 11) is -3.79. The third-order valence-electron chi connectivity index (χ3n) is 3.42. The van der Waals surface area contributed by atoms with Gasteiger partial charge in [0.2, 0.25) is 5.43 Å². The zero-order valence-corrected chi connectivity index (χ0v) is 12.8. The van der Waals surface area contributed by atoms with Crippen LogP contribution in [0.25, 0.3) is 10.9 Å². The molecule has 0 spiro atoms. The van der Waals surface area contributed by atoms with E-state index >= 15 is 0 Å². The van der Waals surface area contributed by atoms with Crippen LogP contribution in [0, 0.1) is 5.82 Å². The predicted octanol–water partition coefficient (Wildman–Crippen LogP) is 1.65. The number of carbonyl (C=O) groups is 1.